The smallest absolute Gasteiger partial charge is 0.193 e. The van der Waals surface area contributed by atoms with E-state index in [0.717, 1.165) is 16.5 Å². The average Bonchev–Trinajstić information content (AvgIpc) is 2.65. The molecule has 0 amide bonds. The molecule has 6 heteroatoms. The normalized spacial score (nSPS) is 10.6. The second-order valence-electron chi connectivity index (χ2n) is 2.88. The van der Waals surface area contributed by atoms with E-state index in [4.69, 9.17) is 11.6 Å². The molecule has 0 unspecified atom stereocenters. The molecule has 3 nitrogen and oxygen atoms in total. The van der Waals surface area contributed by atoms with Crippen molar-refractivity contribution in [1.29, 1.82) is 0 Å². The van der Waals surface area contributed by atoms with Gasteiger partial charge in [0, 0.05) is 15.9 Å². The quantitative estimate of drug-likeness (QED) is 0.837. The lowest BCUT2D eigenvalue weighted by atomic mass is 10.1. The van der Waals surface area contributed by atoms with E-state index in [1.807, 2.05) is 18.2 Å². The van der Waals surface area contributed by atoms with E-state index in [2.05, 4.69) is 47.0 Å². The maximum Gasteiger partial charge on any atom is 0.193 e. The van der Waals surface area contributed by atoms with Crippen LogP contribution in [0.4, 0.5) is 0 Å². The first-order chi connectivity index (χ1) is 7.20. The Hall–Kier alpha value is -0.390. The SMILES string of the molecule is Clc1ccc(CBr)c(-c2n[nH]c(Br)n2)c1. The van der Waals surface area contributed by atoms with Crippen molar-refractivity contribution in [2.24, 2.45) is 0 Å². The van der Waals surface area contributed by atoms with Crippen LogP contribution >= 0.6 is 43.5 Å². The van der Waals surface area contributed by atoms with Gasteiger partial charge in [-0.2, -0.15) is 5.10 Å². The van der Waals surface area contributed by atoms with Gasteiger partial charge < -0.3 is 0 Å². The summed E-state index contributed by atoms with van der Waals surface area (Å²) >= 11 is 12.6. The summed E-state index contributed by atoms with van der Waals surface area (Å²) in [6.45, 7) is 0. The monoisotopic (exact) mass is 349 g/mol. The van der Waals surface area contributed by atoms with Gasteiger partial charge in [-0.25, -0.2) is 4.98 Å². The number of hydrogen-bond acceptors (Lipinski definition) is 2. The molecule has 15 heavy (non-hydrogen) atoms. The molecule has 0 aliphatic rings. The Balaban J connectivity index is 2.55. The molecule has 2 rings (SSSR count). The van der Waals surface area contributed by atoms with Crippen LogP contribution in [0.2, 0.25) is 5.02 Å². The Morgan fingerprint density at radius 3 is 2.80 bits per heavy atom. The third-order valence-corrected chi connectivity index (χ3v) is 3.11. The Bertz CT molecular complexity index is 484. The van der Waals surface area contributed by atoms with Crippen LogP contribution in [0, 0.1) is 0 Å². The summed E-state index contributed by atoms with van der Waals surface area (Å²) in [7, 11) is 0. The van der Waals surface area contributed by atoms with Crippen LogP contribution in [0.15, 0.2) is 22.9 Å². The molecule has 0 fully saturated rings. The zero-order valence-corrected chi connectivity index (χ0v) is 11.4. The lowest BCUT2D eigenvalue weighted by Gasteiger charge is -2.03. The van der Waals surface area contributed by atoms with Gasteiger partial charge in [0.25, 0.3) is 0 Å². The Morgan fingerprint density at radius 1 is 1.40 bits per heavy atom. The van der Waals surface area contributed by atoms with Crippen LogP contribution in [-0.2, 0) is 5.33 Å². The molecule has 0 aliphatic heterocycles. The van der Waals surface area contributed by atoms with Gasteiger partial charge in [-0.15, -0.1) is 0 Å². The number of aromatic nitrogens is 3. The Kier molecular flexibility index (Phi) is 3.43. The van der Waals surface area contributed by atoms with Crippen LogP contribution in [0.25, 0.3) is 11.4 Å². The summed E-state index contributed by atoms with van der Waals surface area (Å²) in [4.78, 5) is 4.20. The molecule has 0 radical (unpaired) electrons. The third-order valence-electron chi connectivity index (χ3n) is 1.91. The minimum atomic E-state index is 0.609. The first kappa shape index (κ1) is 11.1. The number of nitrogens with one attached hydrogen (secondary N) is 1. The maximum atomic E-state index is 5.94. The van der Waals surface area contributed by atoms with E-state index in [9.17, 15) is 0 Å². The highest BCUT2D eigenvalue weighted by Gasteiger charge is 2.09. The standard InChI is InChI=1S/C9H6Br2ClN3/c10-4-5-1-2-6(12)3-7(5)8-13-9(11)15-14-8/h1-3H,4H2,(H,13,14,15). The molecule has 2 aromatic rings. The van der Waals surface area contributed by atoms with Gasteiger partial charge in [-0.05, 0) is 33.6 Å². The van der Waals surface area contributed by atoms with Gasteiger partial charge >= 0.3 is 0 Å². The molecular formula is C9H6Br2ClN3. The molecule has 0 spiro atoms. The second-order valence-corrected chi connectivity index (χ2v) is 4.63. The minimum absolute atomic E-state index is 0.609. The molecule has 1 heterocycles. The van der Waals surface area contributed by atoms with Crippen molar-refractivity contribution in [2.75, 3.05) is 0 Å². The summed E-state index contributed by atoms with van der Waals surface area (Å²) in [6, 6.07) is 5.66. The van der Waals surface area contributed by atoms with Crippen molar-refractivity contribution >= 4 is 43.5 Å². The van der Waals surface area contributed by atoms with Crippen molar-refractivity contribution in [3.05, 3.63) is 33.5 Å². The molecule has 0 saturated heterocycles. The summed E-state index contributed by atoms with van der Waals surface area (Å²) in [6.07, 6.45) is 0. The van der Waals surface area contributed by atoms with Gasteiger partial charge in [0.05, 0.1) is 0 Å². The molecule has 0 atom stereocenters. The van der Waals surface area contributed by atoms with Crippen LogP contribution < -0.4 is 0 Å². The summed E-state index contributed by atoms with van der Waals surface area (Å²) in [5, 5.41) is 8.23. The predicted octanol–water partition coefficient (Wildman–Crippen LogP) is 3.78. The molecule has 0 aliphatic carbocycles. The van der Waals surface area contributed by atoms with Crippen LogP contribution in [0.1, 0.15) is 5.56 Å². The molecule has 1 aromatic carbocycles. The zero-order chi connectivity index (χ0) is 10.8. The van der Waals surface area contributed by atoms with Crippen molar-refractivity contribution in [3.63, 3.8) is 0 Å². The van der Waals surface area contributed by atoms with Crippen molar-refractivity contribution < 1.29 is 0 Å². The number of rotatable bonds is 2. The fraction of sp³-hybridized carbons (Fsp3) is 0.111. The lowest BCUT2D eigenvalue weighted by Crippen LogP contribution is -1.88. The number of H-pyrrole nitrogens is 1. The Morgan fingerprint density at radius 2 is 2.20 bits per heavy atom. The summed E-state index contributed by atoms with van der Waals surface area (Å²) in [5.41, 5.74) is 2.03. The van der Waals surface area contributed by atoms with Crippen molar-refractivity contribution in [1.82, 2.24) is 15.2 Å². The van der Waals surface area contributed by atoms with E-state index in [0.29, 0.717) is 15.6 Å². The number of halogens is 3. The van der Waals surface area contributed by atoms with Crippen LogP contribution in [0.3, 0.4) is 0 Å². The molecule has 1 aromatic heterocycles. The highest BCUT2D eigenvalue weighted by molar-refractivity contribution is 9.10. The van der Waals surface area contributed by atoms with Crippen LogP contribution in [0.5, 0.6) is 0 Å². The summed E-state index contributed by atoms with van der Waals surface area (Å²) in [5.74, 6) is 0.638. The molecule has 0 bridgehead atoms. The molecular weight excluding hydrogens is 345 g/mol. The van der Waals surface area contributed by atoms with E-state index in [-0.39, 0.29) is 0 Å². The van der Waals surface area contributed by atoms with Gasteiger partial charge in [-0.3, -0.25) is 5.10 Å². The topological polar surface area (TPSA) is 41.6 Å². The second kappa shape index (κ2) is 4.63. The highest BCUT2D eigenvalue weighted by Crippen LogP contribution is 2.26. The first-order valence-corrected chi connectivity index (χ1v) is 6.42. The summed E-state index contributed by atoms with van der Waals surface area (Å²) < 4.78 is 0.609. The van der Waals surface area contributed by atoms with E-state index < -0.39 is 0 Å². The number of nitrogens with zero attached hydrogens (tertiary/aromatic N) is 2. The number of alkyl halides is 1. The third kappa shape index (κ3) is 2.41. The van der Waals surface area contributed by atoms with E-state index >= 15 is 0 Å². The zero-order valence-electron chi connectivity index (χ0n) is 7.47. The maximum absolute atomic E-state index is 5.94. The fourth-order valence-corrected chi connectivity index (χ4v) is 2.15. The van der Waals surface area contributed by atoms with E-state index in [1.165, 1.54) is 0 Å². The van der Waals surface area contributed by atoms with Crippen molar-refractivity contribution in [3.8, 4) is 11.4 Å². The van der Waals surface area contributed by atoms with Gasteiger partial charge in [-0.1, -0.05) is 33.6 Å². The van der Waals surface area contributed by atoms with Crippen LogP contribution in [-0.4, -0.2) is 15.2 Å². The predicted molar refractivity (Wildman–Crippen MR) is 67.2 cm³/mol. The molecule has 78 valence electrons. The van der Waals surface area contributed by atoms with E-state index in [1.54, 1.807) is 0 Å². The van der Waals surface area contributed by atoms with Gasteiger partial charge in [0.1, 0.15) is 0 Å². The highest BCUT2D eigenvalue weighted by atomic mass is 79.9. The average molecular weight is 351 g/mol. The lowest BCUT2D eigenvalue weighted by molar-refractivity contribution is 1.07. The molecule has 0 saturated carbocycles. The van der Waals surface area contributed by atoms with Gasteiger partial charge in [0.2, 0.25) is 0 Å². The minimum Gasteiger partial charge on any atom is -0.253 e. The van der Waals surface area contributed by atoms with Crippen molar-refractivity contribution in [2.45, 2.75) is 5.33 Å². The number of benzene rings is 1. The van der Waals surface area contributed by atoms with Gasteiger partial charge in [0.15, 0.2) is 10.6 Å². The largest absolute Gasteiger partial charge is 0.253 e. The first-order valence-electron chi connectivity index (χ1n) is 4.13. The number of hydrogen-bond donors (Lipinski definition) is 1. The Labute approximate surface area is 109 Å². The molecule has 1 N–H and O–H groups in total. The number of aromatic amines is 1. The fourth-order valence-electron chi connectivity index (χ4n) is 1.24.